The van der Waals surface area contributed by atoms with Gasteiger partial charge < -0.3 is 15.4 Å². The van der Waals surface area contributed by atoms with E-state index in [1.165, 1.54) is 18.4 Å². The lowest BCUT2D eigenvalue weighted by Crippen LogP contribution is -2.41. The highest BCUT2D eigenvalue weighted by atomic mass is 32.1. The second-order valence-corrected chi connectivity index (χ2v) is 5.79. The normalized spacial score (nSPS) is 16.0. The summed E-state index contributed by atoms with van der Waals surface area (Å²) in [5, 5.41) is 7.10. The van der Waals surface area contributed by atoms with Crippen molar-refractivity contribution in [2.45, 2.75) is 18.9 Å². The van der Waals surface area contributed by atoms with E-state index in [0.29, 0.717) is 11.7 Å². The summed E-state index contributed by atoms with van der Waals surface area (Å²) in [6.45, 7) is 7.37. The Balaban J connectivity index is 2.09. The summed E-state index contributed by atoms with van der Waals surface area (Å²) in [6, 6.07) is 8.50. The third-order valence-electron chi connectivity index (χ3n) is 3.94. The lowest BCUT2D eigenvalue weighted by molar-refractivity contribution is 0.240. The van der Waals surface area contributed by atoms with Crippen LogP contribution >= 0.6 is 12.2 Å². The van der Waals surface area contributed by atoms with Crippen molar-refractivity contribution in [3.63, 3.8) is 0 Å². The molecule has 2 N–H and O–H groups in total. The number of nitrogens with zero attached hydrogens (tertiary/aromatic N) is 1. The molecule has 1 aromatic carbocycles. The predicted octanol–water partition coefficient (Wildman–Crippen LogP) is 2.48. The molecule has 0 saturated carbocycles. The minimum atomic E-state index is 0.266. The summed E-state index contributed by atoms with van der Waals surface area (Å²) < 4.78 is 5.54. The molecule has 1 saturated heterocycles. The van der Waals surface area contributed by atoms with Gasteiger partial charge in [0.05, 0.1) is 13.2 Å². The van der Waals surface area contributed by atoms with Crippen LogP contribution in [0.5, 0.6) is 5.75 Å². The van der Waals surface area contributed by atoms with Crippen molar-refractivity contribution < 1.29 is 4.74 Å². The maximum atomic E-state index is 5.54. The maximum absolute atomic E-state index is 5.54. The van der Waals surface area contributed by atoms with Crippen LogP contribution in [-0.4, -0.2) is 43.3 Å². The van der Waals surface area contributed by atoms with E-state index in [9.17, 15) is 0 Å². The van der Waals surface area contributed by atoms with Crippen LogP contribution in [0.1, 0.15) is 24.4 Å². The SMILES string of the molecule is C=CCNC(=S)NCC(c1ccccc1OC)N1CCCC1. The molecule has 1 heterocycles. The first-order chi connectivity index (χ1) is 10.8. The molecule has 0 spiro atoms. The van der Waals surface area contributed by atoms with Crippen molar-refractivity contribution in [1.29, 1.82) is 0 Å². The molecule has 1 aliphatic heterocycles. The van der Waals surface area contributed by atoms with Gasteiger partial charge in [0.2, 0.25) is 0 Å². The summed E-state index contributed by atoms with van der Waals surface area (Å²) in [5.41, 5.74) is 1.21. The van der Waals surface area contributed by atoms with Crippen LogP contribution in [0, 0.1) is 0 Å². The molecule has 1 aliphatic rings. The molecular weight excluding hydrogens is 294 g/mol. The number of para-hydroxylation sites is 1. The fourth-order valence-electron chi connectivity index (χ4n) is 2.85. The van der Waals surface area contributed by atoms with E-state index >= 15 is 0 Å². The second-order valence-electron chi connectivity index (χ2n) is 5.38. The first-order valence-corrected chi connectivity index (χ1v) is 8.16. The smallest absolute Gasteiger partial charge is 0.166 e. The molecule has 0 aliphatic carbocycles. The Morgan fingerprint density at radius 3 is 2.77 bits per heavy atom. The van der Waals surface area contributed by atoms with Crippen LogP contribution in [0.15, 0.2) is 36.9 Å². The van der Waals surface area contributed by atoms with Crippen LogP contribution in [0.4, 0.5) is 0 Å². The van der Waals surface area contributed by atoms with Crippen LogP contribution in [0.25, 0.3) is 0 Å². The van der Waals surface area contributed by atoms with Crippen LogP contribution in [0.3, 0.4) is 0 Å². The number of nitrogens with one attached hydrogen (secondary N) is 2. The number of ether oxygens (including phenoxy) is 1. The largest absolute Gasteiger partial charge is 0.496 e. The highest BCUT2D eigenvalue weighted by Crippen LogP contribution is 2.31. The van der Waals surface area contributed by atoms with Gasteiger partial charge >= 0.3 is 0 Å². The summed E-state index contributed by atoms with van der Waals surface area (Å²) in [4.78, 5) is 2.50. The number of methoxy groups -OCH3 is 1. The minimum absolute atomic E-state index is 0.266. The lowest BCUT2D eigenvalue weighted by Gasteiger charge is -2.29. The lowest BCUT2D eigenvalue weighted by atomic mass is 10.0. The molecule has 1 unspecified atom stereocenters. The van der Waals surface area contributed by atoms with Gasteiger partial charge in [0.25, 0.3) is 0 Å². The fraction of sp³-hybridized carbons (Fsp3) is 0.471. The Morgan fingerprint density at radius 1 is 1.36 bits per heavy atom. The molecule has 0 radical (unpaired) electrons. The molecule has 1 fully saturated rings. The molecule has 1 aromatic rings. The van der Waals surface area contributed by atoms with Crippen molar-refractivity contribution in [1.82, 2.24) is 15.5 Å². The van der Waals surface area contributed by atoms with Gasteiger partial charge in [-0.1, -0.05) is 24.3 Å². The highest BCUT2D eigenvalue weighted by molar-refractivity contribution is 7.80. The minimum Gasteiger partial charge on any atom is -0.496 e. The number of likely N-dealkylation sites (tertiary alicyclic amines) is 1. The van der Waals surface area contributed by atoms with E-state index in [-0.39, 0.29) is 6.04 Å². The number of thiocarbonyl (C=S) groups is 1. The van der Waals surface area contributed by atoms with Gasteiger partial charge in [0.1, 0.15) is 5.75 Å². The van der Waals surface area contributed by atoms with E-state index in [1.54, 1.807) is 13.2 Å². The van der Waals surface area contributed by atoms with Gasteiger partial charge in [-0.15, -0.1) is 6.58 Å². The average Bonchev–Trinajstić information content (AvgIpc) is 3.07. The zero-order chi connectivity index (χ0) is 15.8. The Kier molecular flexibility index (Phi) is 6.68. The van der Waals surface area contributed by atoms with E-state index in [0.717, 1.165) is 25.4 Å². The Labute approximate surface area is 138 Å². The third-order valence-corrected chi connectivity index (χ3v) is 4.23. The van der Waals surface area contributed by atoms with E-state index in [2.05, 4.69) is 34.2 Å². The van der Waals surface area contributed by atoms with Crippen molar-refractivity contribution in [3.8, 4) is 5.75 Å². The Hall–Kier alpha value is -1.59. The maximum Gasteiger partial charge on any atom is 0.166 e. The van der Waals surface area contributed by atoms with Gasteiger partial charge in [-0.25, -0.2) is 0 Å². The van der Waals surface area contributed by atoms with E-state index in [4.69, 9.17) is 17.0 Å². The monoisotopic (exact) mass is 319 g/mol. The van der Waals surface area contributed by atoms with Crippen LogP contribution in [-0.2, 0) is 0 Å². The van der Waals surface area contributed by atoms with Gasteiger partial charge in [0.15, 0.2) is 5.11 Å². The molecule has 5 heteroatoms. The number of hydrogen-bond donors (Lipinski definition) is 2. The predicted molar refractivity (Wildman–Crippen MR) is 95.3 cm³/mol. The second kappa shape index (κ2) is 8.76. The van der Waals surface area contributed by atoms with E-state index < -0.39 is 0 Å². The van der Waals surface area contributed by atoms with Gasteiger partial charge in [-0.05, 0) is 44.2 Å². The summed E-state index contributed by atoms with van der Waals surface area (Å²) >= 11 is 5.30. The van der Waals surface area contributed by atoms with E-state index in [1.807, 2.05) is 12.1 Å². The first kappa shape index (κ1) is 16.8. The standard InChI is InChI=1S/C17H25N3OS/c1-3-10-18-17(22)19-13-15(20-11-6-7-12-20)14-8-4-5-9-16(14)21-2/h3-5,8-9,15H,1,6-7,10-13H2,2H3,(H2,18,19,22). The molecular formula is C17H25N3OS. The van der Waals surface area contributed by atoms with Crippen LogP contribution < -0.4 is 15.4 Å². The van der Waals surface area contributed by atoms with Gasteiger partial charge in [-0.3, -0.25) is 4.90 Å². The van der Waals surface area contributed by atoms with Crippen molar-refractivity contribution in [2.75, 3.05) is 33.3 Å². The molecule has 1 atom stereocenters. The first-order valence-electron chi connectivity index (χ1n) is 7.76. The topological polar surface area (TPSA) is 36.5 Å². The molecule has 0 amide bonds. The van der Waals surface area contributed by atoms with Gasteiger partial charge in [0, 0.05) is 18.7 Å². The number of benzene rings is 1. The average molecular weight is 319 g/mol. The zero-order valence-corrected chi connectivity index (χ0v) is 14.0. The van der Waals surface area contributed by atoms with Crippen LogP contribution in [0.2, 0.25) is 0 Å². The molecule has 2 rings (SSSR count). The summed E-state index contributed by atoms with van der Waals surface area (Å²) in [5.74, 6) is 0.936. The quantitative estimate of drug-likeness (QED) is 0.596. The molecule has 120 valence electrons. The molecule has 0 aromatic heterocycles. The molecule has 4 nitrogen and oxygen atoms in total. The highest BCUT2D eigenvalue weighted by Gasteiger charge is 2.25. The third kappa shape index (κ3) is 4.45. The van der Waals surface area contributed by atoms with Gasteiger partial charge in [-0.2, -0.15) is 0 Å². The van der Waals surface area contributed by atoms with Crippen molar-refractivity contribution in [2.24, 2.45) is 0 Å². The fourth-order valence-corrected chi connectivity index (χ4v) is 3.01. The zero-order valence-electron chi connectivity index (χ0n) is 13.2. The number of hydrogen-bond acceptors (Lipinski definition) is 3. The number of rotatable bonds is 7. The van der Waals surface area contributed by atoms with Crippen molar-refractivity contribution in [3.05, 3.63) is 42.5 Å². The Morgan fingerprint density at radius 2 is 2.09 bits per heavy atom. The summed E-state index contributed by atoms with van der Waals surface area (Å²) in [7, 11) is 1.73. The summed E-state index contributed by atoms with van der Waals surface area (Å²) in [6.07, 6.45) is 4.31. The molecule has 0 bridgehead atoms. The Bertz CT molecular complexity index is 500. The van der Waals surface area contributed by atoms with Crippen molar-refractivity contribution >= 4 is 17.3 Å². The molecule has 22 heavy (non-hydrogen) atoms.